The number of nitrogens with one attached hydrogen (secondary N) is 1. The van der Waals surface area contributed by atoms with Crippen molar-refractivity contribution < 1.29 is 9.53 Å². The number of nitrogens with zero attached hydrogens (tertiary/aromatic N) is 3. The van der Waals surface area contributed by atoms with Crippen molar-refractivity contribution >= 4 is 51.2 Å². The third kappa shape index (κ3) is 5.12. The number of thioether (sulfide) groups is 1. The van der Waals surface area contributed by atoms with Crippen LogP contribution in [0, 0.1) is 6.92 Å². The number of rotatable bonds is 6. The van der Waals surface area contributed by atoms with Crippen molar-refractivity contribution in [2.45, 2.75) is 13.3 Å². The van der Waals surface area contributed by atoms with Gasteiger partial charge in [-0.05, 0) is 78.2 Å². The predicted octanol–water partition coefficient (Wildman–Crippen LogP) is 6.16. The number of amides is 1. The molecule has 2 saturated heterocycles. The van der Waals surface area contributed by atoms with Gasteiger partial charge in [-0.1, -0.05) is 42.5 Å². The van der Waals surface area contributed by atoms with E-state index in [-0.39, 0.29) is 5.91 Å². The highest BCUT2D eigenvalue weighted by molar-refractivity contribution is 8.18. The van der Waals surface area contributed by atoms with E-state index in [1.165, 1.54) is 28.4 Å². The summed E-state index contributed by atoms with van der Waals surface area (Å²) in [5.74, 6) is 0.00109. The van der Waals surface area contributed by atoms with E-state index in [0.29, 0.717) is 11.4 Å². The molecule has 0 aliphatic carbocycles. The molecule has 3 aromatic carbocycles. The molecule has 1 amide bonds. The molecule has 0 radical (unpaired) electrons. The molecule has 3 heterocycles. The summed E-state index contributed by atoms with van der Waals surface area (Å²) < 4.78 is 5.49. The molecule has 0 unspecified atom stereocenters. The molecule has 2 aliphatic rings. The minimum Gasteiger partial charge on any atom is -0.378 e. The Morgan fingerprint density at radius 1 is 1.03 bits per heavy atom. The van der Waals surface area contributed by atoms with Gasteiger partial charge in [0.2, 0.25) is 0 Å². The number of anilines is 1. The predicted molar refractivity (Wildman–Crippen MR) is 157 cm³/mol. The summed E-state index contributed by atoms with van der Waals surface area (Å²) in [5, 5.41) is 1.91. The van der Waals surface area contributed by atoms with Crippen LogP contribution in [0.15, 0.2) is 88.9 Å². The molecule has 0 spiro atoms. The molecule has 192 valence electrons. The number of aryl methyl sites for hydroxylation is 1. The number of morpholine rings is 1. The van der Waals surface area contributed by atoms with Crippen molar-refractivity contribution in [3.8, 4) is 0 Å². The number of carbonyl (C=O) groups excluding carboxylic acids is 1. The summed E-state index contributed by atoms with van der Waals surface area (Å²) in [6, 6.07) is 24.6. The molecule has 0 atom stereocenters. The third-order valence-electron chi connectivity index (χ3n) is 7.06. The van der Waals surface area contributed by atoms with Crippen LogP contribution in [0.25, 0.3) is 17.0 Å². The first-order valence-corrected chi connectivity index (χ1v) is 13.8. The summed E-state index contributed by atoms with van der Waals surface area (Å²) in [6.45, 7) is 5.99. The van der Waals surface area contributed by atoms with E-state index in [2.05, 4.69) is 47.1 Å². The molecular weight excluding hydrogens is 492 g/mol. The average Bonchev–Trinajstić information content (AvgIpc) is 3.50. The lowest BCUT2D eigenvalue weighted by Gasteiger charge is -2.29. The zero-order chi connectivity index (χ0) is 25.9. The second-order valence-corrected chi connectivity index (χ2v) is 10.6. The molecule has 4 aromatic rings. The molecular formula is C31H30N4O2S. The normalized spacial score (nSPS) is 18.3. The molecule has 1 N–H and O–H groups in total. The molecule has 2 fully saturated rings. The fourth-order valence-electron chi connectivity index (χ4n) is 4.95. The van der Waals surface area contributed by atoms with Gasteiger partial charge in [0.05, 0.1) is 23.8 Å². The van der Waals surface area contributed by atoms with E-state index in [0.717, 1.165) is 60.2 Å². The van der Waals surface area contributed by atoms with Gasteiger partial charge in [0.1, 0.15) is 0 Å². The maximum atomic E-state index is 13.7. The van der Waals surface area contributed by atoms with Gasteiger partial charge in [0, 0.05) is 42.4 Å². The van der Waals surface area contributed by atoms with Gasteiger partial charge >= 0.3 is 0 Å². The van der Waals surface area contributed by atoms with Crippen molar-refractivity contribution in [2.75, 3.05) is 37.7 Å². The topological polar surface area (TPSA) is 60.9 Å². The van der Waals surface area contributed by atoms with E-state index in [9.17, 15) is 4.79 Å². The highest BCUT2D eigenvalue weighted by atomic mass is 32.2. The van der Waals surface area contributed by atoms with Gasteiger partial charge in [-0.2, -0.15) is 0 Å². The zero-order valence-corrected chi connectivity index (χ0v) is 22.2. The van der Waals surface area contributed by atoms with Crippen LogP contribution in [0.5, 0.6) is 0 Å². The van der Waals surface area contributed by atoms with Crippen LogP contribution in [-0.2, 0) is 16.0 Å². The quantitative estimate of drug-likeness (QED) is 0.308. The summed E-state index contributed by atoms with van der Waals surface area (Å²) in [6.07, 6.45) is 4.80. The van der Waals surface area contributed by atoms with Crippen LogP contribution >= 0.6 is 11.8 Å². The first-order chi connectivity index (χ1) is 18.7. The van der Waals surface area contributed by atoms with Crippen molar-refractivity contribution in [1.29, 1.82) is 0 Å². The molecule has 6 rings (SSSR count). The van der Waals surface area contributed by atoms with Gasteiger partial charge < -0.3 is 14.6 Å². The molecule has 2 aliphatic heterocycles. The van der Waals surface area contributed by atoms with Gasteiger partial charge in [-0.15, -0.1) is 0 Å². The Bertz CT molecular complexity index is 1520. The number of aliphatic imine (C=N–C) groups is 1. The van der Waals surface area contributed by atoms with Crippen molar-refractivity contribution in [3.05, 3.63) is 101 Å². The molecule has 38 heavy (non-hydrogen) atoms. The summed E-state index contributed by atoms with van der Waals surface area (Å²) >= 11 is 1.45. The van der Waals surface area contributed by atoms with E-state index >= 15 is 0 Å². The first kappa shape index (κ1) is 24.5. The summed E-state index contributed by atoms with van der Waals surface area (Å²) in [7, 11) is 0. The van der Waals surface area contributed by atoms with Gasteiger partial charge in [0.15, 0.2) is 5.17 Å². The minimum atomic E-state index is 0.00109. The lowest BCUT2D eigenvalue weighted by Crippen LogP contribution is -2.36. The number of carbonyl (C=O) groups is 1. The van der Waals surface area contributed by atoms with E-state index < -0.39 is 0 Å². The maximum absolute atomic E-state index is 13.7. The Morgan fingerprint density at radius 3 is 2.63 bits per heavy atom. The zero-order valence-electron chi connectivity index (χ0n) is 21.4. The molecule has 1 aromatic heterocycles. The lowest BCUT2D eigenvalue weighted by molar-refractivity contribution is -0.122. The van der Waals surface area contributed by atoms with Gasteiger partial charge in [0.25, 0.3) is 5.91 Å². The maximum Gasteiger partial charge on any atom is 0.266 e. The van der Waals surface area contributed by atoms with Crippen molar-refractivity contribution in [2.24, 2.45) is 4.99 Å². The number of hydrogen-bond donors (Lipinski definition) is 1. The minimum absolute atomic E-state index is 0.00109. The second kappa shape index (κ2) is 10.9. The third-order valence-corrected chi connectivity index (χ3v) is 8.07. The summed E-state index contributed by atoms with van der Waals surface area (Å²) in [4.78, 5) is 26.8. The molecule has 7 heteroatoms. The number of fused-ring (bicyclic) bond motifs is 1. The standard InChI is InChI=1S/C31H30N4O2S/c1-22-19-26(34-15-17-37-18-16-34)12-11-23(22)20-29-30(36)35(31(38-29)33-25-7-3-2-4-8-25)14-13-24-21-32-28-10-6-5-9-27(24)28/h2-12,19-21,32H,13-18H2,1H3/b29-20-,33-31?. The van der Waals surface area contributed by atoms with Crippen LogP contribution in [0.3, 0.4) is 0 Å². The number of para-hydroxylation sites is 2. The van der Waals surface area contributed by atoms with E-state index in [4.69, 9.17) is 9.73 Å². The number of H-pyrrole nitrogens is 1. The number of hydrogen-bond acceptors (Lipinski definition) is 5. The number of aromatic nitrogens is 1. The fourth-order valence-corrected chi connectivity index (χ4v) is 5.97. The molecule has 0 saturated carbocycles. The SMILES string of the molecule is Cc1cc(N2CCOCC2)ccc1/C=C1\SC(=Nc2ccccc2)N(CCc2c[nH]c3ccccc23)C1=O. The molecule has 0 bridgehead atoms. The van der Waals surface area contributed by atoms with Crippen molar-refractivity contribution in [3.63, 3.8) is 0 Å². The number of ether oxygens (including phenoxy) is 1. The van der Waals surface area contributed by atoms with Crippen molar-refractivity contribution in [1.82, 2.24) is 9.88 Å². The average molecular weight is 523 g/mol. The van der Waals surface area contributed by atoms with Crippen LogP contribution in [-0.4, -0.2) is 53.8 Å². The van der Waals surface area contributed by atoms with Crippen LogP contribution in [0.1, 0.15) is 16.7 Å². The summed E-state index contributed by atoms with van der Waals surface area (Å²) in [5.41, 5.74) is 6.55. The second-order valence-electron chi connectivity index (χ2n) is 9.55. The Kier molecular flexibility index (Phi) is 7.03. The Labute approximate surface area is 227 Å². The van der Waals surface area contributed by atoms with Crippen LogP contribution < -0.4 is 4.90 Å². The lowest BCUT2D eigenvalue weighted by atomic mass is 10.1. The number of benzene rings is 3. The fraction of sp³-hybridized carbons (Fsp3) is 0.226. The number of aromatic amines is 1. The smallest absolute Gasteiger partial charge is 0.266 e. The van der Waals surface area contributed by atoms with Gasteiger partial charge in [-0.3, -0.25) is 9.69 Å². The Balaban J connectivity index is 1.27. The highest BCUT2D eigenvalue weighted by Crippen LogP contribution is 2.35. The Morgan fingerprint density at radius 2 is 1.82 bits per heavy atom. The first-order valence-electron chi connectivity index (χ1n) is 13.0. The molecule has 6 nitrogen and oxygen atoms in total. The largest absolute Gasteiger partial charge is 0.378 e. The van der Waals surface area contributed by atoms with Crippen LogP contribution in [0.4, 0.5) is 11.4 Å². The highest BCUT2D eigenvalue weighted by Gasteiger charge is 2.33. The van der Waals surface area contributed by atoms with Gasteiger partial charge in [-0.25, -0.2) is 4.99 Å². The Hall–Kier alpha value is -3.81. The number of amidine groups is 1. The van der Waals surface area contributed by atoms with Crippen LogP contribution in [0.2, 0.25) is 0 Å². The van der Waals surface area contributed by atoms with E-state index in [1.54, 1.807) is 0 Å². The monoisotopic (exact) mass is 522 g/mol. The van der Waals surface area contributed by atoms with E-state index in [1.807, 2.05) is 59.6 Å².